The molecule has 3 rings (SSSR count). The predicted octanol–water partition coefficient (Wildman–Crippen LogP) is 2.94. The van der Waals surface area contributed by atoms with Gasteiger partial charge in [0.05, 0.1) is 0 Å². The van der Waals surface area contributed by atoms with E-state index >= 15 is 0 Å². The average Bonchev–Trinajstić information content (AvgIpc) is 3.07. The fourth-order valence-corrected chi connectivity index (χ4v) is 3.61. The first-order valence-electron chi connectivity index (χ1n) is 8.82. The number of hydrogen-bond acceptors (Lipinski definition) is 3. The highest BCUT2D eigenvalue weighted by atomic mass is 19.1. The Morgan fingerprint density at radius 2 is 2.12 bits per heavy atom. The Morgan fingerprint density at radius 3 is 2.88 bits per heavy atom. The van der Waals surface area contributed by atoms with E-state index in [1.807, 2.05) is 18.2 Å². The molecule has 0 spiro atoms. The lowest BCUT2D eigenvalue weighted by molar-refractivity contribution is 0.142. The molecule has 0 radical (unpaired) electrons. The molecule has 0 amide bonds. The molecule has 1 fully saturated rings. The summed E-state index contributed by atoms with van der Waals surface area (Å²) in [4.78, 5) is 4.93. The van der Waals surface area contributed by atoms with Crippen LogP contribution in [-0.4, -0.2) is 53.2 Å². The summed E-state index contributed by atoms with van der Waals surface area (Å²) < 4.78 is 13.0. The van der Waals surface area contributed by atoms with Crippen LogP contribution in [0.1, 0.15) is 24.1 Å². The van der Waals surface area contributed by atoms with Crippen LogP contribution in [0, 0.1) is 11.7 Å². The van der Waals surface area contributed by atoms with E-state index in [0.717, 1.165) is 38.5 Å². The van der Waals surface area contributed by atoms with Crippen molar-refractivity contribution >= 4 is 0 Å². The molecule has 5 heteroatoms. The number of rotatable bonds is 7. The second-order valence-corrected chi connectivity index (χ2v) is 6.96. The van der Waals surface area contributed by atoms with Crippen molar-refractivity contribution in [3.05, 3.63) is 53.6 Å². The van der Waals surface area contributed by atoms with Crippen LogP contribution in [0.4, 0.5) is 4.39 Å². The van der Waals surface area contributed by atoms with Crippen molar-refractivity contribution in [1.82, 2.24) is 20.0 Å². The molecule has 1 aliphatic heterocycles. The average molecular weight is 330 g/mol. The standard InChI is InChI=1S/C19H27FN4/c1-23(15-19-8-10-21-22-19)13-17-3-2-11-24(14-17)12-9-16-4-6-18(20)7-5-16/h4-8,10,17H,2-3,9,11-15H2,1H3,(H,21,22)/t17-/m0/s1. The number of aromatic amines is 1. The second kappa shape index (κ2) is 8.40. The molecule has 24 heavy (non-hydrogen) atoms. The molecule has 1 N–H and O–H groups in total. The minimum Gasteiger partial charge on any atom is -0.303 e. The van der Waals surface area contributed by atoms with Gasteiger partial charge in [-0.25, -0.2) is 4.39 Å². The molecule has 1 aromatic heterocycles. The zero-order valence-corrected chi connectivity index (χ0v) is 14.4. The van der Waals surface area contributed by atoms with Crippen LogP contribution in [0.25, 0.3) is 0 Å². The molecule has 1 aliphatic rings. The maximum Gasteiger partial charge on any atom is 0.123 e. The van der Waals surface area contributed by atoms with Crippen LogP contribution in [0.15, 0.2) is 36.5 Å². The van der Waals surface area contributed by atoms with Gasteiger partial charge in [-0.1, -0.05) is 12.1 Å². The molecular weight excluding hydrogens is 303 g/mol. The Labute approximate surface area is 143 Å². The van der Waals surface area contributed by atoms with Crippen molar-refractivity contribution in [3.8, 4) is 0 Å². The summed E-state index contributed by atoms with van der Waals surface area (Å²) in [7, 11) is 2.18. The summed E-state index contributed by atoms with van der Waals surface area (Å²) in [5.74, 6) is 0.567. The number of piperidine rings is 1. The summed E-state index contributed by atoms with van der Waals surface area (Å²) in [5, 5.41) is 7.04. The Hall–Kier alpha value is -1.72. The molecule has 2 aromatic rings. The number of aromatic nitrogens is 2. The summed E-state index contributed by atoms with van der Waals surface area (Å²) in [5.41, 5.74) is 2.39. The van der Waals surface area contributed by atoms with Gasteiger partial charge in [-0.2, -0.15) is 5.10 Å². The third-order valence-corrected chi connectivity index (χ3v) is 4.80. The summed E-state index contributed by atoms with van der Waals surface area (Å²) in [6.45, 7) is 5.45. The van der Waals surface area contributed by atoms with Crippen LogP contribution < -0.4 is 0 Å². The van der Waals surface area contributed by atoms with E-state index < -0.39 is 0 Å². The predicted molar refractivity (Wildman–Crippen MR) is 94.2 cm³/mol. The largest absolute Gasteiger partial charge is 0.303 e. The molecular formula is C19H27FN4. The number of likely N-dealkylation sites (tertiary alicyclic amines) is 1. The van der Waals surface area contributed by atoms with Crippen LogP contribution in [0.3, 0.4) is 0 Å². The van der Waals surface area contributed by atoms with Gasteiger partial charge in [-0.3, -0.25) is 5.10 Å². The SMILES string of the molecule is CN(Cc1ccn[nH]1)C[C@@H]1CCCN(CCc2ccc(F)cc2)C1. The van der Waals surface area contributed by atoms with Gasteiger partial charge < -0.3 is 9.80 Å². The summed E-state index contributed by atoms with van der Waals surface area (Å²) in [6, 6.07) is 8.94. The quantitative estimate of drug-likeness (QED) is 0.848. The van der Waals surface area contributed by atoms with Crippen LogP contribution in [0.2, 0.25) is 0 Å². The summed E-state index contributed by atoms with van der Waals surface area (Å²) >= 11 is 0. The number of H-pyrrole nitrogens is 1. The van der Waals surface area contributed by atoms with Crippen molar-refractivity contribution in [2.24, 2.45) is 5.92 Å². The third kappa shape index (κ3) is 5.14. The van der Waals surface area contributed by atoms with E-state index in [9.17, 15) is 4.39 Å². The first-order valence-corrected chi connectivity index (χ1v) is 8.82. The van der Waals surface area contributed by atoms with Crippen LogP contribution in [0.5, 0.6) is 0 Å². The van der Waals surface area contributed by atoms with Crippen LogP contribution in [-0.2, 0) is 13.0 Å². The van der Waals surface area contributed by atoms with E-state index in [4.69, 9.17) is 0 Å². The highest BCUT2D eigenvalue weighted by molar-refractivity contribution is 5.16. The summed E-state index contributed by atoms with van der Waals surface area (Å²) in [6.07, 6.45) is 5.38. The molecule has 130 valence electrons. The normalized spacial score (nSPS) is 19.0. The molecule has 0 unspecified atom stereocenters. The van der Waals surface area contributed by atoms with E-state index in [2.05, 4.69) is 27.0 Å². The first kappa shape index (κ1) is 17.1. The minimum atomic E-state index is -0.155. The molecule has 0 saturated carbocycles. The Bertz CT molecular complexity index is 596. The first-order chi connectivity index (χ1) is 11.7. The van der Waals surface area contributed by atoms with Crippen molar-refractivity contribution in [2.75, 3.05) is 33.2 Å². The lowest BCUT2D eigenvalue weighted by Gasteiger charge is -2.34. The maximum atomic E-state index is 13.0. The fraction of sp³-hybridized carbons (Fsp3) is 0.526. The minimum absolute atomic E-state index is 0.155. The lowest BCUT2D eigenvalue weighted by Crippen LogP contribution is -2.40. The molecule has 0 bridgehead atoms. The van der Waals surface area contributed by atoms with E-state index in [0.29, 0.717) is 0 Å². The van der Waals surface area contributed by atoms with Gasteiger partial charge in [0, 0.05) is 38.1 Å². The zero-order valence-electron chi connectivity index (χ0n) is 14.4. The molecule has 4 nitrogen and oxygen atoms in total. The smallest absolute Gasteiger partial charge is 0.123 e. The van der Waals surface area contributed by atoms with Crippen molar-refractivity contribution < 1.29 is 4.39 Å². The molecule has 0 aliphatic carbocycles. The van der Waals surface area contributed by atoms with Gasteiger partial charge in [0.25, 0.3) is 0 Å². The van der Waals surface area contributed by atoms with Crippen molar-refractivity contribution in [2.45, 2.75) is 25.8 Å². The van der Waals surface area contributed by atoms with Gasteiger partial charge >= 0.3 is 0 Å². The topological polar surface area (TPSA) is 35.2 Å². The maximum absolute atomic E-state index is 13.0. The number of halogens is 1. The monoisotopic (exact) mass is 330 g/mol. The number of benzene rings is 1. The van der Waals surface area contributed by atoms with Crippen molar-refractivity contribution in [3.63, 3.8) is 0 Å². The van der Waals surface area contributed by atoms with E-state index in [1.165, 1.54) is 30.6 Å². The number of nitrogens with one attached hydrogen (secondary N) is 1. The molecule has 2 heterocycles. The Morgan fingerprint density at radius 1 is 1.29 bits per heavy atom. The Kier molecular flexibility index (Phi) is 5.99. The highest BCUT2D eigenvalue weighted by Crippen LogP contribution is 2.18. The second-order valence-electron chi connectivity index (χ2n) is 6.96. The molecule has 1 atom stereocenters. The van der Waals surface area contributed by atoms with Gasteiger partial charge in [0.15, 0.2) is 0 Å². The highest BCUT2D eigenvalue weighted by Gasteiger charge is 2.21. The number of nitrogens with zero attached hydrogens (tertiary/aromatic N) is 3. The third-order valence-electron chi connectivity index (χ3n) is 4.80. The lowest BCUT2D eigenvalue weighted by atomic mass is 9.97. The van der Waals surface area contributed by atoms with Crippen LogP contribution >= 0.6 is 0 Å². The van der Waals surface area contributed by atoms with Gasteiger partial charge in [-0.15, -0.1) is 0 Å². The van der Waals surface area contributed by atoms with E-state index in [1.54, 1.807) is 18.3 Å². The zero-order chi connectivity index (χ0) is 16.8. The van der Waals surface area contributed by atoms with Gasteiger partial charge in [0.1, 0.15) is 5.82 Å². The van der Waals surface area contributed by atoms with Crippen molar-refractivity contribution in [1.29, 1.82) is 0 Å². The van der Waals surface area contributed by atoms with E-state index in [-0.39, 0.29) is 5.82 Å². The fourth-order valence-electron chi connectivity index (χ4n) is 3.61. The Balaban J connectivity index is 1.42. The van der Waals surface area contributed by atoms with Gasteiger partial charge in [-0.05, 0) is 62.5 Å². The molecule has 1 aromatic carbocycles. The number of hydrogen-bond donors (Lipinski definition) is 1. The molecule has 1 saturated heterocycles. The van der Waals surface area contributed by atoms with Gasteiger partial charge in [0.2, 0.25) is 0 Å².